The molecule has 0 saturated carbocycles. The zero-order valence-corrected chi connectivity index (χ0v) is 29.2. The molecule has 2 rings (SSSR count). The van der Waals surface area contributed by atoms with E-state index in [9.17, 15) is 19.8 Å². The smallest absolute Gasteiger partial charge is 0.335 e. The van der Waals surface area contributed by atoms with Gasteiger partial charge in [0.1, 0.15) is 0 Å². The highest BCUT2D eigenvalue weighted by Crippen LogP contribution is 2.38. The van der Waals surface area contributed by atoms with Crippen LogP contribution in [0.2, 0.25) is 0 Å². The maximum Gasteiger partial charge on any atom is 0.335 e. The molecule has 0 aliphatic heterocycles. The van der Waals surface area contributed by atoms with Crippen molar-refractivity contribution in [3.63, 3.8) is 0 Å². The molecule has 4 N–H and O–H groups in total. The highest BCUT2D eigenvalue weighted by atomic mass is 16.4. The molecule has 0 amide bonds. The molecule has 0 radical (unpaired) electrons. The van der Waals surface area contributed by atoms with E-state index in [4.69, 9.17) is 10.2 Å². The number of carbonyl (C=O) groups is 2. The van der Waals surface area contributed by atoms with Crippen LogP contribution in [-0.4, -0.2) is 44.6 Å². The van der Waals surface area contributed by atoms with Crippen LogP contribution in [0, 0.1) is 5.41 Å². The fourth-order valence-corrected chi connectivity index (χ4v) is 5.68. The fraction of sp³-hybridized carbons (Fsp3) is 0.641. The van der Waals surface area contributed by atoms with E-state index in [1.807, 2.05) is 24.3 Å². The lowest BCUT2D eigenvalue weighted by Crippen LogP contribution is -2.44. The van der Waals surface area contributed by atoms with Gasteiger partial charge in [0.15, 0.2) is 0 Å². The van der Waals surface area contributed by atoms with Crippen molar-refractivity contribution in [3.05, 3.63) is 70.8 Å². The van der Waals surface area contributed by atoms with Gasteiger partial charge in [-0.3, -0.25) is 0 Å². The first-order valence-electron chi connectivity index (χ1n) is 17.6. The van der Waals surface area contributed by atoms with Crippen LogP contribution in [0.25, 0.3) is 0 Å². The summed E-state index contributed by atoms with van der Waals surface area (Å²) >= 11 is 0. The molecule has 0 aliphatic carbocycles. The molecule has 2 aromatic rings. The normalized spacial score (nSPS) is 12.3. The summed E-state index contributed by atoms with van der Waals surface area (Å²) in [4.78, 5) is 21.2. The monoisotopic (exact) mass is 628 g/mol. The minimum atomic E-state index is -0.854. The van der Waals surface area contributed by atoms with Crippen LogP contribution < -0.4 is 0 Å². The number of carboxylic acids is 2. The quantitative estimate of drug-likeness (QED) is 0.108. The lowest BCUT2D eigenvalue weighted by molar-refractivity contribution is -0.0824. The minimum Gasteiger partial charge on any atom is -0.478 e. The predicted octanol–water partition coefficient (Wildman–Crippen LogP) is 10.1. The molecule has 6 nitrogen and oxygen atoms in total. The van der Waals surface area contributed by atoms with Crippen molar-refractivity contribution in [1.29, 1.82) is 0 Å². The molecule has 0 fully saturated rings. The van der Waals surface area contributed by atoms with Crippen LogP contribution in [0.3, 0.4) is 0 Å². The molecule has 0 heterocycles. The third kappa shape index (κ3) is 17.0. The first kappa shape index (κ1) is 42.3. The van der Waals surface area contributed by atoms with Gasteiger partial charge < -0.3 is 20.4 Å². The largest absolute Gasteiger partial charge is 0.478 e. The van der Waals surface area contributed by atoms with Crippen LogP contribution in [0.5, 0.6) is 0 Å². The van der Waals surface area contributed by atoms with Gasteiger partial charge >= 0.3 is 11.9 Å². The Morgan fingerprint density at radius 1 is 0.533 bits per heavy atom. The molecule has 0 aliphatic rings. The maximum absolute atomic E-state index is 10.6. The number of aromatic carboxylic acids is 2. The Morgan fingerprint density at radius 2 is 0.867 bits per heavy atom. The summed E-state index contributed by atoms with van der Waals surface area (Å²) in [5, 5.41) is 37.8. The number of hydrogen-bond donors (Lipinski definition) is 4. The number of carboxylic acid groups (broad SMARTS) is 2. The Morgan fingerprint density at radius 3 is 1.11 bits per heavy atom. The van der Waals surface area contributed by atoms with Crippen molar-refractivity contribution >= 4 is 11.9 Å². The Labute approximate surface area is 274 Å². The van der Waals surface area contributed by atoms with Gasteiger partial charge in [-0.1, -0.05) is 117 Å². The average molecular weight is 629 g/mol. The third-order valence-corrected chi connectivity index (χ3v) is 8.81. The highest BCUT2D eigenvalue weighted by molar-refractivity contribution is 5.87. The van der Waals surface area contributed by atoms with Gasteiger partial charge in [0.05, 0.1) is 23.3 Å². The summed E-state index contributed by atoms with van der Waals surface area (Å²) in [7, 11) is 0. The molecule has 0 bridgehead atoms. The summed E-state index contributed by atoms with van der Waals surface area (Å²) in [5.74, 6) is -1.71. The number of aliphatic hydroxyl groups is 2. The number of benzene rings is 2. The third-order valence-electron chi connectivity index (χ3n) is 8.81. The highest BCUT2D eigenvalue weighted by Gasteiger charge is 2.40. The number of hydrogen-bond acceptors (Lipinski definition) is 4. The number of rotatable bonds is 20. The summed E-state index contributed by atoms with van der Waals surface area (Å²) in [6.07, 6.45) is 16.6. The molecule has 2 atom stereocenters. The van der Waals surface area contributed by atoms with E-state index in [2.05, 4.69) is 41.5 Å². The molecule has 2 aromatic carbocycles. The van der Waals surface area contributed by atoms with Crippen LogP contribution in [0.4, 0.5) is 0 Å². The Kier molecular flexibility index (Phi) is 24.0. The van der Waals surface area contributed by atoms with Gasteiger partial charge in [0.25, 0.3) is 0 Å². The zero-order chi connectivity index (χ0) is 34.1. The molecule has 0 spiro atoms. The predicted molar refractivity (Wildman–Crippen MR) is 187 cm³/mol. The topological polar surface area (TPSA) is 115 Å². The molecule has 256 valence electrons. The van der Waals surface area contributed by atoms with E-state index in [0.717, 1.165) is 51.4 Å². The van der Waals surface area contributed by atoms with Gasteiger partial charge in [-0.15, -0.1) is 0 Å². The summed E-state index contributed by atoms with van der Waals surface area (Å²) in [6, 6.07) is 14.4. The number of aryl methyl sites for hydroxylation is 2. The Bertz CT molecular complexity index is 931. The molecular weight excluding hydrogens is 564 g/mol. The molecule has 0 saturated heterocycles. The van der Waals surface area contributed by atoms with E-state index in [0.29, 0.717) is 11.1 Å². The van der Waals surface area contributed by atoms with E-state index in [1.54, 1.807) is 24.3 Å². The standard InChI is InChI=1S/2C13H18O2.C13H28O2/c2*1-2-3-4-5-6-11-7-9-12(10-8-11)13(14)15;1-5-9-11(14)13(7-3,8-4)12(15)10-6-2/h2*7-10H,2-6H2,1H3,(H,14,15);11-12,14-15H,5-10H2,1-4H3. The number of aliphatic hydroxyl groups excluding tert-OH is 2. The Balaban J connectivity index is 0.000000645. The molecule has 45 heavy (non-hydrogen) atoms. The first-order chi connectivity index (χ1) is 21.6. The lowest BCUT2D eigenvalue weighted by atomic mass is 9.70. The average Bonchev–Trinajstić information content (AvgIpc) is 3.04. The van der Waals surface area contributed by atoms with Crippen LogP contribution in [0.1, 0.15) is 163 Å². The minimum absolute atomic E-state index is 0.286. The summed E-state index contributed by atoms with van der Waals surface area (Å²) in [5.41, 5.74) is 2.92. The van der Waals surface area contributed by atoms with E-state index in [-0.39, 0.29) is 17.6 Å². The van der Waals surface area contributed by atoms with Crippen molar-refractivity contribution in [2.45, 2.75) is 156 Å². The van der Waals surface area contributed by atoms with Gasteiger partial charge in [-0.25, -0.2) is 9.59 Å². The van der Waals surface area contributed by atoms with Crippen molar-refractivity contribution in [2.24, 2.45) is 5.41 Å². The summed E-state index contributed by atoms with van der Waals surface area (Å²) < 4.78 is 0. The van der Waals surface area contributed by atoms with Crippen molar-refractivity contribution in [2.75, 3.05) is 0 Å². The molecular formula is C39H64O6. The fourth-order valence-electron chi connectivity index (χ4n) is 5.68. The van der Waals surface area contributed by atoms with Crippen molar-refractivity contribution in [3.8, 4) is 0 Å². The van der Waals surface area contributed by atoms with Crippen LogP contribution in [-0.2, 0) is 12.8 Å². The second-order valence-electron chi connectivity index (χ2n) is 12.2. The van der Waals surface area contributed by atoms with E-state index in [1.165, 1.54) is 62.5 Å². The molecule has 6 heteroatoms. The van der Waals surface area contributed by atoms with Gasteiger partial charge in [0.2, 0.25) is 0 Å². The molecule has 0 aromatic heterocycles. The SMILES string of the molecule is CCCC(O)C(CC)(CC)C(O)CCC.CCCCCCc1ccc(C(=O)O)cc1.CCCCCCc1ccc(C(=O)O)cc1. The van der Waals surface area contributed by atoms with Gasteiger partial charge in [-0.2, -0.15) is 0 Å². The van der Waals surface area contributed by atoms with Gasteiger partial charge in [-0.05, 0) is 86.8 Å². The second-order valence-corrected chi connectivity index (χ2v) is 12.2. The van der Waals surface area contributed by atoms with Gasteiger partial charge in [0, 0.05) is 5.41 Å². The van der Waals surface area contributed by atoms with Crippen molar-refractivity contribution < 1.29 is 30.0 Å². The first-order valence-corrected chi connectivity index (χ1v) is 17.6. The lowest BCUT2D eigenvalue weighted by Gasteiger charge is -2.41. The summed E-state index contributed by atoms with van der Waals surface area (Å²) in [6.45, 7) is 12.7. The van der Waals surface area contributed by atoms with Crippen molar-refractivity contribution in [1.82, 2.24) is 0 Å². The number of unbranched alkanes of at least 4 members (excludes halogenated alkanes) is 6. The van der Waals surface area contributed by atoms with Crippen LogP contribution >= 0.6 is 0 Å². The van der Waals surface area contributed by atoms with E-state index < -0.39 is 11.9 Å². The second kappa shape index (κ2) is 25.5. The van der Waals surface area contributed by atoms with E-state index >= 15 is 0 Å². The molecule has 2 unspecified atom stereocenters. The maximum atomic E-state index is 10.6. The zero-order valence-electron chi connectivity index (χ0n) is 29.2. The Hall–Kier alpha value is -2.70. The van der Waals surface area contributed by atoms with Crippen LogP contribution in [0.15, 0.2) is 48.5 Å².